The van der Waals surface area contributed by atoms with Crippen LogP contribution in [0.3, 0.4) is 0 Å². The van der Waals surface area contributed by atoms with Crippen LogP contribution in [0.15, 0.2) is 54.6 Å². The zero-order valence-corrected chi connectivity index (χ0v) is 12.5. The summed E-state index contributed by atoms with van der Waals surface area (Å²) in [6, 6.07) is 16.3. The van der Waals surface area contributed by atoms with Crippen LogP contribution in [0.5, 0.6) is 0 Å². The van der Waals surface area contributed by atoms with E-state index in [1.807, 2.05) is 30.3 Å². The normalized spacial score (nSPS) is 10.0. The Kier molecular flexibility index (Phi) is 5.72. The summed E-state index contributed by atoms with van der Waals surface area (Å²) < 4.78 is 10.2. The number of rotatable bonds is 6. The second-order valence-corrected chi connectivity index (χ2v) is 4.64. The fourth-order valence-electron chi connectivity index (χ4n) is 2.03. The number of ether oxygens (including phenoxy) is 2. The lowest BCUT2D eigenvalue weighted by Gasteiger charge is -2.09. The zero-order chi connectivity index (χ0) is 15.8. The van der Waals surface area contributed by atoms with Gasteiger partial charge in [-0.05, 0) is 24.6 Å². The molecule has 0 N–H and O–H groups in total. The van der Waals surface area contributed by atoms with Gasteiger partial charge < -0.3 is 9.47 Å². The molecule has 0 amide bonds. The Morgan fingerprint density at radius 3 is 1.95 bits per heavy atom. The monoisotopic (exact) mass is 298 g/mol. The lowest BCUT2D eigenvalue weighted by molar-refractivity contribution is 0.0469. The summed E-state index contributed by atoms with van der Waals surface area (Å²) in [5.74, 6) is -1.03. The molecular weight excluding hydrogens is 280 g/mol. The van der Waals surface area contributed by atoms with Gasteiger partial charge in [-0.3, -0.25) is 0 Å². The third-order valence-electron chi connectivity index (χ3n) is 3.11. The maximum absolute atomic E-state index is 12.1. The molecule has 0 saturated carbocycles. The van der Waals surface area contributed by atoms with Crippen molar-refractivity contribution in [2.24, 2.45) is 0 Å². The fraction of sp³-hybridized carbons (Fsp3) is 0.222. The van der Waals surface area contributed by atoms with E-state index < -0.39 is 11.9 Å². The van der Waals surface area contributed by atoms with Gasteiger partial charge in [0.25, 0.3) is 0 Å². The number of hydrogen-bond acceptors (Lipinski definition) is 4. The minimum absolute atomic E-state index is 0.231. The van der Waals surface area contributed by atoms with Crippen LogP contribution in [0.1, 0.15) is 33.2 Å². The first-order valence-corrected chi connectivity index (χ1v) is 7.19. The van der Waals surface area contributed by atoms with Crippen LogP contribution in [0.4, 0.5) is 0 Å². The van der Waals surface area contributed by atoms with Crippen molar-refractivity contribution in [1.29, 1.82) is 0 Å². The number of benzene rings is 2. The number of carbonyl (C=O) groups is 2. The highest BCUT2D eigenvalue weighted by Gasteiger charge is 2.18. The van der Waals surface area contributed by atoms with E-state index >= 15 is 0 Å². The summed E-state index contributed by atoms with van der Waals surface area (Å²) >= 11 is 0. The summed E-state index contributed by atoms with van der Waals surface area (Å²) in [7, 11) is 0. The van der Waals surface area contributed by atoms with Crippen LogP contribution < -0.4 is 0 Å². The van der Waals surface area contributed by atoms with E-state index in [-0.39, 0.29) is 24.3 Å². The minimum Gasteiger partial charge on any atom is -0.462 e. The second-order valence-electron chi connectivity index (χ2n) is 4.64. The van der Waals surface area contributed by atoms with Gasteiger partial charge in [-0.25, -0.2) is 9.59 Å². The molecule has 0 bridgehead atoms. The predicted octanol–water partition coefficient (Wildman–Crippen LogP) is 3.26. The van der Waals surface area contributed by atoms with E-state index in [0.29, 0.717) is 6.42 Å². The van der Waals surface area contributed by atoms with Gasteiger partial charge in [-0.1, -0.05) is 42.5 Å². The molecule has 22 heavy (non-hydrogen) atoms. The highest BCUT2D eigenvalue weighted by molar-refractivity contribution is 6.03. The van der Waals surface area contributed by atoms with E-state index in [2.05, 4.69) is 0 Å². The van der Waals surface area contributed by atoms with Gasteiger partial charge in [0.1, 0.15) is 0 Å². The molecule has 0 spiro atoms. The molecular formula is C18H18O4. The van der Waals surface area contributed by atoms with Crippen molar-refractivity contribution < 1.29 is 19.1 Å². The molecule has 0 radical (unpaired) electrons. The van der Waals surface area contributed by atoms with E-state index in [9.17, 15) is 9.59 Å². The molecule has 0 atom stereocenters. The Labute approximate surface area is 129 Å². The molecule has 4 nitrogen and oxygen atoms in total. The molecule has 0 unspecified atom stereocenters. The first kappa shape index (κ1) is 15.8. The van der Waals surface area contributed by atoms with Crippen LogP contribution in [0.2, 0.25) is 0 Å². The van der Waals surface area contributed by atoms with Gasteiger partial charge >= 0.3 is 11.9 Å². The van der Waals surface area contributed by atoms with Gasteiger partial charge in [0.05, 0.1) is 24.3 Å². The van der Waals surface area contributed by atoms with Gasteiger partial charge in [-0.2, -0.15) is 0 Å². The van der Waals surface area contributed by atoms with Crippen LogP contribution in [-0.2, 0) is 15.9 Å². The lowest BCUT2D eigenvalue weighted by Crippen LogP contribution is -2.15. The molecule has 2 rings (SSSR count). The summed E-state index contributed by atoms with van der Waals surface area (Å²) in [5.41, 5.74) is 1.55. The summed E-state index contributed by atoms with van der Waals surface area (Å²) in [6.45, 7) is 2.24. The number of esters is 2. The third kappa shape index (κ3) is 4.19. The van der Waals surface area contributed by atoms with Crippen molar-refractivity contribution in [2.45, 2.75) is 13.3 Å². The highest BCUT2D eigenvalue weighted by atomic mass is 16.5. The van der Waals surface area contributed by atoms with Gasteiger partial charge in [-0.15, -0.1) is 0 Å². The van der Waals surface area contributed by atoms with Crippen LogP contribution in [0.25, 0.3) is 0 Å². The molecule has 2 aromatic rings. The summed E-state index contributed by atoms with van der Waals surface area (Å²) in [6.07, 6.45) is 0.633. The number of hydrogen-bond donors (Lipinski definition) is 0. The van der Waals surface area contributed by atoms with Gasteiger partial charge in [0.2, 0.25) is 0 Å². The van der Waals surface area contributed by atoms with Crippen molar-refractivity contribution >= 4 is 11.9 Å². The van der Waals surface area contributed by atoms with Crippen LogP contribution in [0, 0.1) is 0 Å². The molecule has 114 valence electrons. The molecule has 0 fully saturated rings. The molecule has 0 heterocycles. The zero-order valence-electron chi connectivity index (χ0n) is 12.5. The van der Waals surface area contributed by atoms with Gasteiger partial charge in [0, 0.05) is 6.42 Å². The van der Waals surface area contributed by atoms with E-state index in [4.69, 9.17) is 9.47 Å². The highest BCUT2D eigenvalue weighted by Crippen LogP contribution is 2.12. The number of carbonyl (C=O) groups excluding carboxylic acids is 2. The second kappa shape index (κ2) is 7.98. The maximum Gasteiger partial charge on any atom is 0.339 e. The van der Waals surface area contributed by atoms with E-state index in [0.717, 1.165) is 5.56 Å². The average Bonchev–Trinajstić information content (AvgIpc) is 2.56. The molecule has 0 aliphatic rings. The van der Waals surface area contributed by atoms with Crippen molar-refractivity contribution in [1.82, 2.24) is 0 Å². The Morgan fingerprint density at radius 2 is 1.36 bits per heavy atom. The SMILES string of the molecule is CCOC(=O)c1ccccc1C(=O)OCCc1ccccc1. The predicted molar refractivity (Wildman–Crippen MR) is 82.8 cm³/mol. The largest absolute Gasteiger partial charge is 0.462 e. The maximum atomic E-state index is 12.1. The van der Waals surface area contributed by atoms with E-state index in [1.54, 1.807) is 31.2 Å². The molecule has 0 aromatic heterocycles. The van der Waals surface area contributed by atoms with Crippen molar-refractivity contribution in [2.75, 3.05) is 13.2 Å². The molecule has 0 aliphatic carbocycles. The molecule has 4 heteroatoms. The molecule has 0 saturated heterocycles. The van der Waals surface area contributed by atoms with Crippen LogP contribution >= 0.6 is 0 Å². The Balaban J connectivity index is 1.99. The Hall–Kier alpha value is -2.62. The smallest absolute Gasteiger partial charge is 0.339 e. The minimum atomic E-state index is -0.516. The van der Waals surface area contributed by atoms with Gasteiger partial charge in [0.15, 0.2) is 0 Å². The van der Waals surface area contributed by atoms with Crippen molar-refractivity contribution in [3.8, 4) is 0 Å². The molecule has 0 aliphatic heterocycles. The summed E-state index contributed by atoms with van der Waals surface area (Å²) in [5, 5.41) is 0. The standard InChI is InChI=1S/C18H18O4/c1-2-21-17(19)15-10-6-7-11-16(15)18(20)22-13-12-14-8-4-3-5-9-14/h3-11H,2,12-13H2,1H3. The Bertz CT molecular complexity index is 635. The third-order valence-corrected chi connectivity index (χ3v) is 3.11. The first-order valence-electron chi connectivity index (χ1n) is 7.19. The lowest BCUT2D eigenvalue weighted by atomic mass is 10.1. The first-order chi connectivity index (χ1) is 10.7. The summed E-state index contributed by atoms with van der Waals surface area (Å²) in [4.78, 5) is 24.0. The average molecular weight is 298 g/mol. The van der Waals surface area contributed by atoms with Crippen LogP contribution in [-0.4, -0.2) is 25.2 Å². The van der Waals surface area contributed by atoms with Crippen molar-refractivity contribution in [3.05, 3.63) is 71.3 Å². The quantitative estimate of drug-likeness (QED) is 0.768. The fourth-order valence-corrected chi connectivity index (χ4v) is 2.03. The molecule has 2 aromatic carbocycles. The topological polar surface area (TPSA) is 52.6 Å². The van der Waals surface area contributed by atoms with E-state index in [1.165, 1.54) is 0 Å². The van der Waals surface area contributed by atoms with Crippen molar-refractivity contribution in [3.63, 3.8) is 0 Å². The Morgan fingerprint density at radius 1 is 0.818 bits per heavy atom.